The summed E-state index contributed by atoms with van der Waals surface area (Å²) in [5.74, 6) is 0.705. The molecule has 0 aromatic heterocycles. The van der Waals surface area contributed by atoms with E-state index in [2.05, 4.69) is 40.1 Å². The summed E-state index contributed by atoms with van der Waals surface area (Å²) in [6.45, 7) is 6.30. The Hall–Kier alpha value is -0.900. The number of aliphatic hydroxyl groups is 1. The predicted molar refractivity (Wildman–Crippen MR) is 91.2 cm³/mol. The van der Waals surface area contributed by atoms with Crippen LogP contribution >= 0.6 is 0 Å². The van der Waals surface area contributed by atoms with Gasteiger partial charge in [-0.1, -0.05) is 36.8 Å². The van der Waals surface area contributed by atoms with Crippen molar-refractivity contribution in [3.8, 4) is 0 Å². The molecule has 122 valence electrons. The molecule has 0 radical (unpaired) electrons. The molecule has 1 aromatic rings. The summed E-state index contributed by atoms with van der Waals surface area (Å²) in [4.78, 5) is 4.89. The summed E-state index contributed by atoms with van der Waals surface area (Å²) in [5, 5.41) is 10.4. The number of rotatable bonds is 5. The highest BCUT2D eigenvalue weighted by atomic mass is 16.3. The Morgan fingerprint density at radius 2 is 1.45 bits per heavy atom. The first-order valence-corrected chi connectivity index (χ1v) is 8.99. The number of β-amino-alcohol motifs (C(OH)–C–C–N with tert-alkyl or cyclic N) is 1. The van der Waals surface area contributed by atoms with Crippen LogP contribution in [0.15, 0.2) is 30.3 Å². The average Bonchev–Trinajstić information content (AvgIpc) is 2.57. The molecule has 1 aromatic carbocycles. The van der Waals surface area contributed by atoms with E-state index in [-0.39, 0.29) is 6.10 Å². The van der Waals surface area contributed by atoms with Crippen LogP contribution in [0.3, 0.4) is 0 Å². The minimum atomic E-state index is -0.189. The smallest absolute Gasteiger partial charge is 0.0793 e. The molecule has 0 amide bonds. The van der Waals surface area contributed by atoms with Crippen LogP contribution in [-0.2, 0) is 0 Å². The number of likely N-dealkylation sites (tertiary alicyclic amines) is 2. The van der Waals surface area contributed by atoms with Crippen molar-refractivity contribution in [1.29, 1.82) is 0 Å². The second-order valence-electron chi connectivity index (χ2n) is 7.00. The Kier molecular flexibility index (Phi) is 5.88. The second-order valence-corrected chi connectivity index (χ2v) is 7.00. The van der Waals surface area contributed by atoms with E-state index in [0.717, 1.165) is 26.2 Å². The number of benzene rings is 1. The Bertz CT molecular complexity index is 422. The number of hydrogen-bond acceptors (Lipinski definition) is 3. The lowest BCUT2D eigenvalue weighted by molar-refractivity contribution is 0.0588. The molecule has 22 heavy (non-hydrogen) atoms. The van der Waals surface area contributed by atoms with Crippen LogP contribution in [0.1, 0.15) is 43.6 Å². The van der Waals surface area contributed by atoms with E-state index in [1.54, 1.807) is 0 Å². The van der Waals surface area contributed by atoms with Crippen molar-refractivity contribution in [3.05, 3.63) is 35.9 Å². The van der Waals surface area contributed by atoms with Crippen LogP contribution in [0, 0.1) is 0 Å². The van der Waals surface area contributed by atoms with E-state index in [4.69, 9.17) is 0 Å². The maximum absolute atomic E-state index is 10.4. The molecular formula is C19H30N2O. The van der Waals surface area contributed by atoms with E-state index in [1.165, 1.54) is 50.8 Å². The Morgan fingerprint density at radius 3 is 2.09 bits per heavy atom. The zero-order valence-corrected chi connectivity index (χ0v) is 13.7. The third-order valence-corrected chi connectivity index (χ3v) is 5.25. The van der Waals surface area contributed by atoms with Crippen LogP contribution in [0.4, 0.5) is 0 Å². The van der Waals surface area contributed by atoms with Gasteiger partial charge in [0.2, 0.25) is 0 Å². The van der Waals surface area contributed by atoms with Gasteiger partial charge >= 0.3 is 0 Å². The summed E-state index contributed by atoms with van der Waals surface area (Å²) >= 11 is 0. The van der Waals surface area contributed by atoms with Gasteiger partial charge in [0.15, 0.2) is 0 Å². The standard InChI is InChI=1S/C19H30N2O/c22-19(15-20-11-5-2-6-12-20)16-21-13-9-18(10-14-21)17-7-3-1-4-8-17/h1,3-4,7-8,18-19,22H,2,5-6,9-16H2. The van der Waals surface area contributed by atoms with Crippen molar-refractivity contribution < 1.29 is 5.11 Å². The van der Waals surface area contributed by atoms with Gasteiger partial charge in [0, 0.05) is 13.1 Å². The monoisotopic (exact) mass is 302 g/mol. The summed E-state index contributed by atoms with van der Waals surface area (Å²) in [7, 11) is 0. The minimum absolute atomic E-state index is 0.189. The van der Waals surface area contributed by atoms with Gasteiger partial charge in [0.25, 0.3) is 0 Å². The fraction of sp³-hybridized carbons (Fsp3) is 0.684. The molecule has 3 heteroatoms. The number of aliphatic hydroxyl groups excluding tert-OH is 1. The molecular weight excluding hydrogens is 272 g/mol. The first kappa shape index (κ1) is 16.0. The normalized spacial score (nSPS) is 23.5. The highest BCUT2D eigenvalue weighted by molar-refractivity contribution is 5.20. The summed E-state index contributed by atoms with van der Waals surface area (Å²) < 4.78 is 0. The fourth-order valence-electron chi connectivity index (χ4n) is 3.97. The average molecular weight is 302 g/mol. The quantitative estimate of drug-likeness (QED) is 0.906. The third kappa shape index (κ3) is 4.55. The molecule has 2 saturated heterocycles. The van der Waals surface area contributed by atoms with E-state index >= 15 is 0 Å². The first-order chi connectivity index (χ1) is 10.8. The highest BCUT2D eigenvalue weighted by Crippen LogP contribution is 2.27. The van der Waals surface area contributed by atoms with Gasteiger partial charge in [0.05, 0.1) is 6.10 Å². The molecule has 3 rings (SSSR count). The van der Waals surface area contributed by atoms with Crippen molar-refractivity contribution in [3.63, 3.8) is 0 Å². The molecule has 2 heterocycles. The Balaban J connectivity index is 1.39. The fourth-order valence-corrected chi connectivity index (χ4v) is 3.97. The zero-order chi connectivity index (χ0) is 15.2. The van der Waals surface area contributed by atoms with Crippen LogP contribution < -0.4 is 0 Å². The van der Waals surface area contributed by atoms with Crippen LogP contribution in [0.2, 0.25) is 0 Å². The van der Waals surface area contributed by atoms with E-state index < -0.39 is 0 Å². The van der Waals surface area contributed by atoms with Gasteiger partial charge in [-0.05, 0) is 63.3 Å². The molecule has 0 bridgehead atoms. The SMILES string of the molecule is OC(CN1CCCCC1)CN1CCC(c2ccccc2)CC1. The molecule has 3 nitrogen and oxygen atoms in total. The molecule has 0 saturated carbocycles. The maximum atomic E-state index is 10.4. The summed E-state index contributed by atoms with van der Waals surface area (Å²) in [6.07, 6.45) is 6.22. The van der Waals surface area contributed by atoms with Crippen molar-refractivity contribution in [2.24, 2.45) is 0 Å². The van der Waals surface area contributed by atoms with E-state index in [0.29, 0.717) is 5.92 Å². The summed E-state index contributed by atoms with van der Waals surface area (Å²) in [5.41, 5.74) is 1.48. The van der Waals surface area contributed by atoms with Crippen LogP contribution in [0.5, 0.6) is 0 Å². The van der Waals surface area contributed by atoms with Crippen molar-refractivity contribution in [1.82, 2.24) is 9.80 Å². The van der Waals surface area contributed by atoms with Gasteiger partial charge in [-0.25, -0.2) is 0 Å². The molecule has 0 aliphatic carbocycles. The predicted octanol–water partition coefficient (Wildman–Crippen LogP) is 2.71. The second kappa shape index (κ2) is 8.09. The molecule has 2 fully saturated rings. The highest BCUT2D eigenvalue weighted by Gasteiger charge is 2.23. The van der Waals surface area contributed by atoms with E-state index in [1.807, 2.05) is 0 Å². The van der Waals surface area contributed by atoms with Gasteiger partial charge in [-0.2, -0.15) is 0 Å². The molecule has 2 aliphatic heterocycles. The van der Waals surface area contributed by atoms with Gasteiger partial charge in [-0.15, -0.1) is 0 Å². The zero-order valence-electron chi connectivity index (χ0n) is 13.7. The van der Waals surface area contributed by atoms with Crippen molar-refractivity contribution >= 4 is 0 Å². The van der Waals surface area contributed by atoms with Gasteiger partial charge in [0.1, 0.15) is 0 Å². The van der Waals surface area contributed by atoms with Crippen LogP contribution in [-0.4, -0.2) is 60.3 Å². The first-order valence-electron chi connectivity index (χ1n) is 8.99. The molecule has 2 aliphatic rings. The van der Waals surface area contributed by atoms with Crippen LogP contribution in [0.25, 0.3) is 0 Å². The molecule has 0 spiro atoms. The Morgan fingerprint density at radius 1 is 0.864 bits per heavy atom. The maximum Gasteiger partial charge on any atom is 0.0793 e. The molecule has 1 unspecified atom stereocenters. The lowest BCUT2D eigenvalue weighted by Crippen LogP contribution is -2.44. The minimum Gasteiger partial charge on any atom is -0.390 e. The van der Waals surface area contributed by atoms with E-state index in [9.17, 15) is 5.11 Å². The number of nitrogens with zero attached hydrogens (tertiary/aromatic N) is 2. The molecule has 1 N–H and O–H groups in total. The number of piperidine rings is 2. The van der Waals surface area contributed by atoms with Crippen molar-refractivity contribution in [2.45, 2.75) is 44.1 Å². The third-order valence-electron chi connectivity index (χ3n) is 5.25. The lowest BCUT2D eigenvalue weighted by atomic mass is 9.89. The number of hydrogen-bond donors (Lipinski definition) is 1. The topological polar surface area (TPSA) is 26.7 Å². The lowest BCUT2D eigenvalue weighted by Gasteiger charge is -2.35. The molecule has 1 atom stereocenters. The van der Waals surface area contributed by atoms with Crippen molar-refractivity contribution in [2.75, 3.05) is 39.3 Å². The van der Waals surface area contributed by atoms with Gasteiger partial charge < -0.3 is 14.9 Å². The summed E-state index contributed by atoms with van der Waals surface area (Å²) in [6, 6.07) is 10.9. The largest absolute Gasteiger partial charge is 0.390 e. The van der Waals surface area contributed by atoms with Gasteiger partial charge in [-0.3, -0.25) is 0 Å². The Labute approximate surface area is 134 Å².